The van der Waals surface area contributed by atoms with Crippen molar-refractivity contribution >= 4 is 17.3 Å². The third-order valence-electron chi connectivity index (χ3n) is 3.22. The number of nitrogens with zero attached hydrogens (tertiary/aromatic N) is 2. The minimum Gasteiger partial charge on any atom is -0.502 e. The maximum atomic E-state index is 12.4. The van der Waals surface area contributed by atoms with Crippen LogP contribution < -0.4 is 4.90 Å². The summed E-state index contributed by atoms with van der Waals surface area (Å²) in [5.74, 6) is -1.13. The highest BCUT2D eigenvalue weighted by Gasteiger charge is 2.24. The molecule has 0 radical (unpaired) electrons. The first-order valence-electron chi connectivity index (χ1n) is 6.23. The Balaban J connectivity index is 2.44. The lowest BCUT2D eigenvalue weighted by Crippen LogP contribution is -2.27. The second-order valence-corrected chi connectivity index (χ2v) is 4.58. The molecule has 1 amide bonds. The van der Waals surface area contributed by atoms with Crippen molar-refractivity contribution < 1.29 is 14.8 Å². The van der Waals surface area contributed by atoms with E-state index >= 15 is 0 Å². The smallest absolute Gasteiger partial charge is 0.311 e. The van der Waals surface area contributed by atoms with E-state index in [2.05, 4.69) is 0 Å². The third kappa shape index (κ3) is 2.69. The Morgan fingerprint density at radius 2 is 1.86 bits per heavy atom. The molecule has 0 saturated heterocycles. The topological polar surface area (TPSA) is 83.7 Å². The lowest BCUT2D eigenvalue weighted by molar-refractivity contribution is -0.385. The van der Waals surface area contributed by atoms with Crippen LogP contribution in [0, 0.1) is 17.0 Å². The molecule has 6 heteroatoms. The number of phenols is 1. The van der Waals surface area contributed by atoms with Crippen molar-refractivity contribution in [3.63, 3.8) is 0 Å². The first-order valence-corrected chi connectivity index (χ1v) is 6.23. The zero-order chi connectivity index (χ0) is 15.6. The summed E-state index contributed by atoms with van der Waals surface area (Å²) in [6.45, 7) is 1.85. The normalized spacial score (nSPS) is 10.2. The summed E-state index contributed by atoms with van der Waals surface area (Å²) in [6.07, 6.45) is 0. The molecule has 0 fully saturated rings. The third-order valence-corrected chi connectivity index (χ3v) is 3.22. The lowest BCUT2D eigenvalue weighted by Gasteiger charge is -2.19. The summed E-state index contributed by atoms with van der Waals surface area (Å²) < 4.78 is 0. The van der Waals surface area contributed by atoms with Crippen molar-refractivity contribution in [2.45, 2.75) is 6.92 Å². The highest BCUT2D eigenvalue weighted by atomic mass is 16.6. The number of phenolic OH excluding ortho intramolecular Hbond substituents is 1. The number of aryl methyl sites for hydroxylation is 1. The van der Waals surface area contributed by atoms with Crippen molar-refractivity contribution in [3.8, 4) is 5.75 Å². The van der Waals surface area contributed by atoms with Crippen LogP contribution >= 0.6 is 0 Å². The Hall–Kier alpha value is -2.89. The van der Waals surface area contributed by atoms with Crippen LogP contribution in [0.15, 0.2) is 42.5 Å². The van der Waals surface area contributed by atoms with Gasteiger partial charge in [-0.1, -0.05) is 24.3 Å². The minimum atomic E-state index is -0.722. The Bertz CT molecular complexity index is 713. The number of rotatable bonds is 3. The molecule has 108 valence electrons. The van der Waals surface area contributed by atoms with Gasteiger partial charge in [-0.05, 0) is 24.6 Å². The van der Waals surface area contributed by atoms with Gasteiger partial charge in [-0.15, -0.1) is 0 Å². The zero-order valence-corrected chi connectivity index (χ0v) is 11.6. The van der Waals surface area contributed by atoms with E-state index in [-0.39, 0.29) is 5.56 Å². The Kier molecular flexibility index (Phi) is 3.89. The van der Waals surface area contributed by atoms with Gasteiger partial charge in [-0.2, -0.15) is 0 Å². The molecule has 0 aliphatic rings. The van der Waals surface area contributed by atoms with Crippen molar-refractivity contribution in [1.29, 1.82) is 0 Å². The summed E-state index contributed by atoms with van der Waals surface area (Å²) >= 11 is 0. The van der Waals surface area contributed by atoms with E-state index in [0.29, 0.717) is 5.69 Å². The maximum absolute atomic E-state index is 12.4. The van der Waals surface area contributed by atoms with Gasteiger partial charge in [0.2, 0.25) is 5.75 Å². The molecule has 0 atom stereocenters. The van der Waals surface area contributed by atoms with Gasteiger partial charge in [-0.25, -0.2) is 0 Å². The highest BCUT2D eigenvalue weighted by molar-refractivity contribution is 6.08. The number of aromatic hydroxyl groups is 1. The molecule has 0 aliphatic heterocycles. The largest absolute Gasteiger partial charge is 0.502 e. The molecule has 2 rings (SSSR count). The summed E-state index contributed by atoms with van der Waals surface area (Å²) in [6, 6.07) is 11.1. The van der Waals surface area contributed by atoms with Gasteiger partial charge in [0.1, 0.15) is 0 Å². The number of nitro benzene ring substituents is 1. The molecule has 21 heavy (non-hydrogen) atoms. The van der Waals surface area contributed by atoms with E-state index in [0.717, 1.165) is 11.6 Å². The molecular formula is C15H14N2O4. The molecule has 0 saturated carbocycles. The van der Waals surface area contributed by atoms with Crippen LogP contribution in [-0.4, -0.2) is 23.0 Å². The minimum absolute atomic E-state index is 0.102. The summed E-state index contributed by atoms with van der Waals surface area (Å²) in [5, 5.41) is 20.7. The van der Waals surface area contributed by atoms with Crippen molar-refractivity contribution in [1.82, 2.24) is 0 Å². The highest BCUT2D eigenvalue weighted by Crippen LogP contribution is 2.31. The predicted molar refractivity (Wildman–Crippen MR) is 78.7 cm³/mol. The first-order chi connectivity index (χ1) is 9.93. The zero-order valence-electron chi connectivity index (χ0n) is 11.6. The molecule has 1 N–H and O–H groups in total. The number of hydrogen-bond donors (Lipinski definition) is 1. The first kappa shape index (κ1) is 14.5. The van der Waals surface area contributed by atoms with Gasteiger partial charge in [0.15, 0.2) is 0 Å². The molecule has 0 aliphatic carbocycles. The molecule has 0 aromatic heterocycles. The molecule has 0 spiro atoms. The van der Waals surface area contributed by atoms with Crippen LogP contribution in [0.4, 0.5) is 11.4 Å². The summed E-state index contributed by atoms with van der Waals surface area (Å²) in [4.78, 5) is 23.9. The number of nitro groups is 1. The van der Waals surface area contributed by atoms with Crippen LogP contribution in [-0.2, 0) is 0 Å². The van der Waals surface area contributed by atoms with Gasteiger partial charge >= 0.3 is 5.69 Å². The van der Waals surface area contributed by atoms with E-state index < -0.39 is 22.3 Å². The molecular weight excluding hydrogens is 272 g/mol. The van der Waals surface area contributed by atoms with Crippen LogP contribution in [0.2, 0.25) is 0 Å². The summed E-state index contributed by atoms with van der Waals surface area (Å²) in [5.41, 5.74) is 0.973. The van der Waals surface area contributed by atoms with Crippen LogP contribution in [0.3, 0.4) is 0 Å². The van der Waals surface area contributed by atoms with E-state index in [9.17, 15) is 20.0 Å². The number of carbonyl (C=O) groups excluding carboxylic acids is 1. The molecule has 6 nitrogen and oxygen atoms in total. The van der Waals surface area contributed by atoms with Crippen molar-refractivity contribution in [2.24, 2.45) is 0 Å². The monoisotopic (exact) mass is 286 g/mol. The molecule has 0 heterocycles. The quantitative estimate of drug-likeness (QED) is 0.694. The fourth-order valence-corrected chi connectivity index (χ4v) is 2.08. The molecule has 0 bridgehead atoms. The Morgan fingerprint density at radius 3 is 2.48 bits per heavy atom. The van der Waals surface area contributed by atoms with Crippen LogP contribution in [0.25, 0.3) is 0 Å². The fourth-order valence-electron chi connectivity index (χ4n) is 2.08. The lowest BCUT2D eigenvalue weighted by atomic mass is 10.1. The second kappa shape index (κ2) is 5.62. The fraction of sp³-hybridized carbons (Fsp3) is 0.133. The number of benzene rings is 2. The van der Waals surface area contributed by atoms with Gasteiger partial charge in [0, 0.05) is 18.8 Å². The maximum Gasteiger partial charge on any atom is 0.311 e. The SMILES string of the molecule is Cc1ccccc1N(C)C(=O)c1cccc([N+](=O)[O-])c1O. The summed E-state index contributed by atoms with van der Waals surface area (Å²) in [7, 11) is 1.56. The standard InChI is InChI=1S/C15H14N2O4/c1-10-6-3-4-8-12(10)16(2)15(19)11-7-5-9-13(14(11)18)17(20)21/h3-9,18H,1-2H3. The van der Waals surface area contributed by atoms with E-state index in [1.807, 2.05) is 19.1 Å². The number of para-hydroxylation sites is 2. The second-order valence-electron chi connectivity index (χ2n) is 4.58. The van der Waals surface area contributed by atoms with Gasteiger partial charge < -0.3 is 10.0 Å². The van der Waals surface area contributed by atoms with E-state index in [1.54, 1.807) is 19.2 Å². The molecule has 2 aromatic carbocycles. The molecule has 2 aromatic rings. The van der Waals surface area contributed by atoms with Crippen molar-refractivity contribution in [2.75, 3.05) is 11.9 Å². The van der Waals surface area contributed by atoms with E-state index in [1.165, 1.54) is 17.0 Å². The Morgan fingerprint density at radius 1 is 1.19 bits per heavy atom. The number of hydrogen-bond acceptors (Lipinski definition) is 4. The average molecular weight is 286 g/mol. The number of amides is 1. The predicted octanol–water partition coefficient (Wildman–Crippen LogP) is 2.89. The van der Waals surface area contributed by atoms with Crippen molar-refractivity contribution in [3.05, 3.63) is 63.7 Å². The Labute approximate surface area is 121 Å². The van der Waals surface area contributed by atoms with Gasteiger partial charge in [0.25, 0.3) is 5.91 Å². The number of carbonyl (C=O) groups is 1. The van der Waals surface area contributed by atoms with Gasteiger partial charge in [-0.3, -0.25) is 14.9 Å². The van der Waals surface area contributed by atoms with E-state index in [4.69, 9.17) is 0 Å². The van der Waals surface area contributed by atoms with Crippen LogP contribution in [0.5, 0.6) is 5.75 Å². The van der Waals surface area contributed by atoms with Crippen LogP contribution in [0.1, 0.15) is 15.9 Å². The average Bonchev–Trinajstić information content (AvgIpc) is 2.46. The molecule has 0 unspecified atom stereocenters. The number of anilines is 1. The van der Waals surface area contributed by atoms with Gasteiger partial charge in [0.05, 0.1) is 10.5 Å².